The Morgan fingerprint density at radius 2 is 1.72 bits per heavy atom. The Labute approximate surface area is 191 Å². The lowest BCUT2D eigenvalue weighted by atomic mass is 9.79. The molecule has 7 nitrogen and oxygen atoms in total. The summed E-state index contributed by atoms with van der Waals surface area (Å²) < 4.78 is 16.3. The number of para-hydroxylation sites is 1. The summed E-state index contributed by atoms with van der Waals surface area (Å²) in [5.41, 5.74) is 2.77. The molecule has 2 aliphatic heterocycles. The summed E-state index contributed by atoms with van der Waals surface area (Å²) in [5, 5.41) is 0. The van der Waals surface area contributed by atoms with Gasteiger partial charge in [-0.3, -0.25) is 9.80 Å². The third-order valence-electron chi connectivity index (χ3n) is 6.83. The van der Waals surface area contributed by atoms with Crippen molar-refractivity contribution in [1.82, 2.24) is 19.8 Å². The maximum Gasteiger partial charge on any atom is 0.165 e. The zero-order chi connectivity index (χ0) is 22.4. The molecule has 0 amide bonds. The molecule has 32 heavy (non-hydrogen) atoms. The van der Waals surface area contributed by atoms with Crippen LogP contribution in [0, 0.1) is 5.41 Å². The van der Waals surface area contributed by atoms with Crippen LogP contribution in [0.3, 0.4) is 0 Å². The molecule has 0 bridgehead atoms. The molecule has 0 N–H and O–H groups in total. The first-order chi connectivity index (χ1) is 15.6. The van der Waals surface area contributed by atoms with Gasteiger partial charge < -0.3 is 14.2 Å². The minimum absolute atomic E-state index is 0.379. The SMILES string of the molecule is COCCc1ncc(CN2CC[C@@]3(CCCN(Cc4cccc(OC)c4OC)C3)C2)cn1. The third-order valence-corrected chi connectivity index (χ3v) is 6.83. The lowest BCUT2D eigenvalue weighted by molar-refractivity contribution is 0.0859. The van der Waals surface area contributed by atoms with Gasteiger partial charge in [0.05, 0.1) is 20.8 Å². The van der Waals surface area contributed by atoms with E-state index in [9.17, 15) is 0 Å². The molecule has 174 valence electrons. The van der Waals surface area contributed by atoms with Gasteiger partial charge in [-0.1, -0.05) is 12.1 Å². The zero-order valence-electron chi connectivity index (χ0n) is 19.7. The predicted octanol–water partition coefficient (Wildman–Crippen LogP) is 3.17. The van der Waals surface area contributed by atoms with E-state index in [0.29, 0.717) is 12.0 Å². The summed E-state index contributed by atoms with van der Waals surface area (Å²) in [7, 11) is 5.13. The molecule has 0 unspecified atom stereocenters. The van der Waals surface area contributed by atoms with Crippen molar-refractivity contribution in [3.63, 3.8) is 0 Å². The predicted molar refractivity (Wildman–Crippen MR) is 124 cm³/mol. The summed E-state index contributed by atoms with van der Waals surface area (Å²) in [6.07, 6.45) is 8.53. The molecule has 1 aromatic carbocycles. The first kappa shape index (κ1) is 23.0. The van der Waals surface area contributed by atoms with Crippen molar-refractivity contribution >= 4 is 0 Å². The Bertz CT molecular complexity index is 876. The smallest absolute Gasteiger partial charge is 0.165 e. The Morgan fingerprint density at radius 3 is 2.44 bits per heavy atom. The van der Waals surface area contributed by atoms with Crippen LogP contribution in [0.25, 0.3) is 0 Å². The van der Waals surface area contributed by atoms with E-state index in [1.54, 1.807) is 21.3 Å². The van der Waals surface area contributed by atoms with Crippen molar-refractivity contribution < 1.29 is 14.2 Å². The van der Waals surface area contributed by atoms with Crippen LogP contribution in [-0.2, 0) is 24.2 Å². The molecular formula is C25H36N4O3. The highest BCUT2D eigenvalue weighted by atomic mass is 16.5. The van der Waals surface area contributed by atoms with E-state index in [4.69, 9.17) is 14.2 Å². The fourth-order valence-corrected chi connectivity index (χ4v) is 5.30. The lowest BCUT2D eigenvalue weighted by Gasteiger charge is -2.40. The van der Waals surface area contributed by atoms with Crippen LogP contribution in [-0.4, -0.2) is 73.9 Å². The Kier molecular flexibility index (Phi) is 7.60. The third kappa shape index (κ3) is 5.39. The molecule has 2 aliphatic rings. The van der Waals surface area contributed by atoms with E-state index in [0.717, 1.165) is 63.0 Å². The number of benzene rings is 1. The van der Waals surface area contributed by atoms with Gasteiger partial charge in [-0.05, 0) is 43.8 Å². The summed E-state index contributed by atoms with van der Waals surface area (Å²) in [4.78, 5) is 14.2. The Hall–Kier alpha value is -2.22. The van der Waals surface area contributed by atoms with Gasteiger partial charge in [-0.2, -0.15) is 0 Å². The van der Waals surface area contributed by atoms with Crippen molar-refractivity contribution in [3.8, 4) is 11.5 Å². The van der Waals surface area contributed by atoms with Crippen LogP contribution in [0.1, 0.15) is 36.2 Å². The first-order valence-electron chi connectivity index (χ1n) is 11.6. The number of aromatic nitrogens is 2. The van der Waals surface area contributed by atoms with Crippen molar-refractivity contribution in [1.29, 1.82) is 0 Å². The van der Waals surface area contributed by atoms with Crippen LogP contribution >= 0.6 is 0 Å². The largest absolute Gasteiger partial charge is 0.493 e. The normalized spacial score (nSPS) is 21.8. The van der Waals surface area contributed by atoms with Crippen LogP contribution in [0.5, 0.6) is 11.5 Å². The van der Waals surface area contributed by atoms with E-state index in [1.807, 2.05) is 18.5 Å². The van der Waals surface area contributed by atoms with Crippen molar-refractivity contribution in [2.45, 2.75) is 38.8 Å². The quantitative estimate of drug-likeness (QED) is 0.594. The molecule has 1 aromatic heterocycles. The first-order valence-corrected chi connectivity index (χ1v) is 11.6. The number of piperidine rings is 1. The molecule has 0 aliphatic carbocycles. The number of nitrogens with zero attached hydrogens (tertiary/aromatic N) is 4. The second-order valence-corrected chi connectivity index (χ2v) is 9.18. The number of hydrogen-bond donors (Lipinski definition) is 0. The fourth-order valence-electron chi connectivity index (χ4n) is 5.30. The molecule has 1 atom stereocenters. The van der Waals surface area contributed by atoms with Gasteiger partial charge in [0, 0.05) is 63.2 Å². The molecule has 0 saturated carbocycles. The molecule has 1 spiro atoms. The molecular weight excluding hydrogens is 404 g/mol. The molecule has 2 saturated heterocycles. The topological polar surface area (TPSA) is 60.0 Å². The molecule has 7 heteroatoms. The highest BCUT2D eigenvalue weighted by Gasteiger charge is 2.41. The summed E-state index contributed by atoms with van der Waals surface area (Å²) in [6.45, 7) is 7.04. The van der Waals surface area contributed by atoms with Gasteiger partial charge in [0.25, 0.3) is 0 Å². The highest BCUT2D eigenvalue weighted by Crippen LogP contribution is 2.40. The van der Waals surface area contributed by atoms with Crippen molar-refractivity contribution in [2.75, 3.05) is 54.1 Å². The standard InChI is InChI=1S/C25H36N4O3/c1-30-13-8-23-26-14-20(15-27-23)16-29-12-10-25(19-29)9-5-11-28(18-25)17-21-6-4-7-22(31-2)24(21)32-3/h4,6-7,14-15H,5,8-13,16-19H2,1-3H3/t25-/m1/s1. The number of methoxy groups -OCH3 is 3. The maximum atomic E-state index is 5.66. The lowest BCUT2D eigenvalue weighted by Crippen LogP contribution is -2.44. The maximum absolute atomic E-state index is 5.66. The van der Waals surface area contributed by atoms with Gasteiger partial charge in [0.1, 0.15) is 5.82 Å². The number of likely N-dealkylation sites (tertiary alicyclic amines) is 2. The molecule has 3 heterocycles. The number of rotatable bonds is 9. The van der Waals surface area contributed by atoms with E-state index in [2.05, 4.69) is 31.9 Å². The Balaban J connectivity index is 1.35. The minimum atomic E-state index is 0.379. The van der Waals surface area contributed by atoms with E-state index in [1.165, 1.54) is 30.4 Å². The van der Waals surface area contributed by atoms with E-state index >= 15 is 0 Å². The minimum Gasteiger partial charge on any atom is -0.493 e. The van der Waals surface area contributed by atoms with E-state index in [-0.39, 0.29) is 0 Å². The number of ether oxygens (including phenoxy) is 3. The van der Waals surface area contributed by atoms with Crippen molar-refractivity contribution in [2.24, 2.45) is 5.41 Å². The van der Waals surface area contributed by atoms with Gasteiger partial charge >= 0.3 is 0 Å². The molecule has 2 fully saturated rings. The van der Waals surface area contributed by atoms with Crippen LogP contribution in [0.15, 0.2) is 30.6 Å². The Morgan fingerprint density at radius 1 is 0.938 bits per heavy atom. The monoisotopic (exact) mass is 440 g/mol. The summed E-state index contributed by atoms with van der Waals surface area (Å²) in [6, 6.07) is 6.17. The van der Waals surface area contributed by atoms with Crippen molar-refractivity contribution in [3.05, 3.63) is 47.5 Å². The number of hydrogen-bond acceptors (Lipinski definition) is 7. The molecule has 4 rings (SSSR count). The molecule has 2 aromatic rings. The van der Waals surface area contributed by atoms with Gasteiger partial charge in [-0.25, -0.2) is 9.97 Å². The average Bonchev–Trinajstić information content (AvgIpc) is 3.19. The highest BCUT2D eigenvalue weighted by molar-refractivity contribution is 5.46. The van der Waals surface area contributed by atoms with Gasteiger partial charge in [0.2, 0.25) is 0 Å². The fraction of sp³-hybridized carbons (Fsp3) is 0.600. The summed E-state index contributed by atoms with van der Waals surface area (Å²) in [5.74, 6) is 2.51. The van der Waals surface area contributed by atoms with Crippen LogP contribution in [0.4, 0.5) is 0 Å². The summed E-state index contributed by atoms with van der Waals surface area (Å²) >= 11 is 0. The van der Waals surface area contributed by atoms with E-state index < -0.39 is 0 Å². The van der Waals surface area contributed by atoms with Gasteiger partial charge in [-0.15, -0.1) is 0 Å². The second-order valence-electron chi connectivity index (χ2n) is 9.18. The van der Waals surface area contributed by atoms with Crippen LogP contribution < -0.4 is 9.47 Å². The average molecular weight is 441 g/mol. The van der Waals surface area contributed by atoms with Crippen LogP contribution in [0.2, 0.25) is 0 Å². The van der Waals surface area contributed by atoms with Gasteiger partial charge in [0.15, 0.2) is 11.5 Å². The second kappa shape index (κ2) is 10.6. The zero-order valence-corrected chi connectivity index (χ0v) is 19.7. The molecule has 0 radical (unpaired) electrons.